The first-order valence-electron chi connectivity index (χ1n) is 6.67. The van der Waals surface area contributed by atoms with Crippen LogP contribution >= 0.6 is 0 Å². The summed E-state index contributed by atoms with van der Waals surface area (Å²) in [6, 6.07) is 0. The van der Waals surface area contributed by atoms with Crippen LogP contribution in [0, 0.1) is 11.8 Å². The van der Waals surface area contributed by atoms with Crippen molar-refractivity contribution in [3.8, 4) is 0 Å². The number of hydrogen-bond acceptors (Lipinski definition) is 2. The summed E-state index contributed by atoms with van der Waals surface area (Å²) < 4.78 is 0. The highest BCUT2D eigenvalue weighted by Gasteiger charge is 2.21. The van der Waals surface area contributed by atoms with Gasteiger partial charge < -0.3 is 10.2 Å². The summed E-state index contributed by atoms with van der Waals surface area (Å²) in [5.74, 6) is 1.81. The molecule has 1 saturated heterocycles. The van der Waals surface area contributed by atoms with Crippen molar-refractivity contribution >= 4 is 0 Å². The van der Waals surface area contributed by atoms with E-state index in [2.05, 4.69) is 31.0 Å². The van der Waals surface area contributed by atoms with Gasteiger partial charge in [0.2, 0.25) is 0 Å². The Kier molecular flexibility index (Phi) is 6.26. The summed E-state index contributed by atoms with van der Waals surface area (Å²) in [4.78, 5) is 2.61. The Balaban J connectivity index is 2.02. The maximum Gasteiger partial charge on any atom is 0.0107 e. The van der Waals surface area contributed by atoms with E-state index in [4.69, 9.17) is 0 Å². The first kappa shape index (κ1) is 13.0. The summed E-state index contributed by atoms with van der Waals surface area (Å²) in [5, 5.41) is 3.52. The number of likely N-dealkylation sites (tertiary alicyclic amines) is 1. The van der Waals surface area contributed by atoms with E-state index in [1.165, 1.54) is 52.0 Å². The molecule has 2 nitrogen and oxygen atoms in total. The minimum atomic E-state index is 0.884. The van der Waals surface area contributed by atoms with Gasteiger partial charge in [-0.25, -0.2) is 0 Å². The molecule has 1 heterocycles. The second kappa shape index (κ2) is 7.24. The minimum absolute atomic E-state index is 0.884. The minimum Gasteiger partial charge on any atom is -0.315 e. The second-order valence-electron chi connectivity index (χ2n) is 5.15. The van der Waals surface area contributed by atoms with Gasteiger partial charge in [0.25, 0.3) is 0 Å². The summed E-state index contributed by atoms with van der Waals surface area (Å²) >= 11 is 0. The van der Waals surface area contributed by atoms with Gasteiger partial charge in [-0.2, -0.15) is 0 Å². The van der Waals surface area contributed by atoms with Crippen molar-refractivity contribution < 1.29 is 0 Å². The lowest BCUT2D eigenvalue weighted by atomic mass is 9.89. The molecule has 0 spiro atoms. The van der Waals surface area contributed by atoms with E-state index in [0.29, 0.717) is 0 Å². The highest BCUT2D eigenvalue weighted by Crippen LogP contribution is 2.21. The van der Waals surface area contributed by atoms with Crippen molar-refractivity contribution in [1.82, 2.24) is 10.2 Å². The zero-order chi connectivity index (χ0) is 11.1. The molecule has 15 heavy (non-hydrogen) atoms. The number of unbranched alkanes of at least 4 members (excludes halogenated alkanes) is 1. The molecule has 1 N–H and O–H groups in total. The van der Waals surface area contributed by atoms with Crippen molar-refractivity contribution in [2.45, 2.75) is 40.0 Å². The van der Waals surface area contributed by atoms with Crippen molar-refractivity contribution in [3.05, 3.63) is 0 Å². The Hall–Kier alpha value is -0.0800. The van der Waals surface area contributed by atoms with Crippen LogP contribution in [-0.4, -0.2) is 37.6 Å². The number of hydrogen-bond donors (Lipinski definition) is 1. The van der Waals surface area contributed by atoms with Crippen LogP contribution in [0.25, 0.3) is 0 Å². The van der Waals surface area contributed by atoms with Gasteiger partial charge >= 0.3 is 0 Å². The molecule has 0 aromatic rings. The van der Waals surface area contributed by atoms with Gasteiger partial charge in [0.15, 0.2) is 0 Å². The van der Waals surface area contributed by atoms with Gasteiger partial charge in [-0.3, -0.25) is 0 Å². The second-order valence-corrected chi connectivity index (χ2v) is 5.15. The topological polar surface area (TPSA) is 15.3 Å². The maximum atomic E-state index is 3.52. The third-order valence-corrected chi connectivity index (χ3v) is 3.73. The fourth-order valence-electron chi connectivity index (χ4n) is 2.22. The molecule has 0 saturated carbocycles. The first-order chi connectivity index (χ1) is 7.24. The summed E-state index contributed by atoms with van der Waals surface area (Å²) in [6.45, 7) is 13.2. The monoisotopic (exact) mass is 212 g/mol. The van der Waals surface area contributed by atoms with Gasteiger partial charge in [-0.05, 0) is 37.8 Å². The molecular formula is C13H28N2. The van der Waals surface area contributed by atoms with Crippen molar-refractivity contribution in [2.75, 3.05) is 32.7 Å². The number of piperidine rings is 1. The molecule has 2 unspecified atom stereocenters. The zero-order valence-electron chi connectivity index (χ0n) is 10.8. The quantitative estimate of drug-likeness (QED) is 0.680. The zero-order valence-corrected chi connectivity index (χ0v) is 10.8. The predicted octanol–water partition coefficient (Wildman–Crippen LogP) is 2.35. The Morgan fingerprint density at radius 1 is 1.20 bits per heavy atom. The van der Waals surface area contributed by atoms with E-state index in [1.807, 2.05) is 0 Å². The lowest BCUT2D eigenvalue weighted by Crippen LogP contribution is -2.41. The number of nitrogens with one attached hydrogen (secondary N) is 1. The van der Waals surface area contributed by atoms with Crippen LogP contribution in [0.1, 0.15) is 40.0 Å². The first-order valence-corrected chi connectivity index (χ1v) is 6.67. The smallest absolute Gasteiger partial charge is 0.0107 e. The fraction of sp³-hybridized carbons (Fsp3) is 1.00. The molecule has 1 rings (SSSR count). The molecule has 0 bridgehead atoms. The standard InChI is InChI=1S/C13H28N2/c1-4-5-7-14-8-10-15-9-6-12(2)13(3)11-15/h12-14H,4-11H2,1-3H3. The van der Waals surface area contributed by atoms with E-state index >= 15 is 0 Å². The van der Waals surface area contributed by atoms with Gasteiger partial charge in [0, 0.05) is 19.6 Å². The Bertz CT molecular complexity index is 159. The Morgan fingerprint density at radius 2 is 2.00 bits per heavy atom. The molecule has 0 aliphatic carbocycles. The molecule has 2 atom stereocenters. The largest absolute Gasteiger partial charge is 0.315 e. The van der Waals surface area contributed by atoms with Gasteiger partial charge in [-0.15, -0.1) is 0 Å². The summed E-state index contributed by atoms with van der Waals surface area (Å²) in [5.41, 5.74) is 0. The lowest BCUT2D eigenvalue weighted by molar-refractivity contribution is 0.139. The molecule has 0 aromatic carbocycles. The van der Waals surface area contributed by atoms with Gasteiger partial charge in [0.05, 0.1) is 0 Å². The third-order valence-electron chi connectivity index (χ3n) is 3.73. The molecular weight excluding hydrogens is 184 g/mol. The molecule has 0 amide bonds. The maximum absolute atomic E-state index is 3.52. The Morgan fingerprint density at radius 3 is 2.67 bits per heavy atom. The molecule has 0 radical (unpaired) electrons. The van der Waals surface area contributed by atoms with E-state index in [9.17, 15) is 0 Å². The average Bonchev–Trinajstić information content (AvgIpc) is 2.23. The van der Waals surface area contributed by atoms with Crippen LogP contribution in [0.4, 0.5) is 0 Å². The molecule has 2 heteroatoms. The predicted molar refractivity (Wildman–Crippen MR) is 67.2 cm³/mol. The van der Waals surface area contributed by atoms with Crippen LogP contribution in [0.5, 0.6) is 0 Å². The van der Waals surface area contributed by atoms with E-state index in [0.717, 1.165) is 11.8 Å². The average molecular weight is 212 g/mol. The van der Waals surface area contributed by atoms with Gasteiger partial charge in [0.1, 0.15) is 0 Å². The van der Waals surface area contributed by atoms with Crippen molar-refractivity contribution in [1.29, 1.82) is 0 Å². The van der Waals surface area contributed by atoms with E-state index in [1.54, 1.807) is 0 Å². The fourth-order valence-corrected chi connectivity index (χ4v) is 2.22. The van der Waals surface area contributed by atoms with Crippen LogP contribution in [0.3, 0.4) is 0 Å². The molecule has 1 aliphatic heterocycles. The lowest BCUT2D eigenvalue weighted by Gasteiger charge is -2.35. The van der Waals surface area contributed by atoms with Crippen LogP contribution in [-0.2, 0) is 0 Å². The SMILES string of the molecule is CCCCNCCN1CCC(C)C(C)C1. The number of rotatable bonds is 6. The highest BCUT2D eigenvalue weighted by molar-refractivity contribution is 4.75. The van der Waals surface area contributed by atoms with Crippen LogP contribution in [0.2, 0.25) is 0 Å². The van der Waals surface area contributed by atoms with Crippen LogP contribution < -0.4 is 5.32 Å². The number of nitrogens with zero attached hydrogens (tertiary/aromatic N) is 1. The molecule has 1 aliphatic rings. The molecule has 0 aromatic heterocycles. The molecule has 1 fully saturated rings. The van der Waals surface area contributed by atoms with Crippen molar-refractivity contribution in [2.24, 2.45) is 11.8 Å². The van der Waals surface area contributed by atoms with E-state index < -0.39 is 0 Å². The third kappa shape index (κ3) is 4.98. The normalized spacial score (nSPS) is 28.2. The molecule has 90 valence electrons. The van der Waals surface area contributed by atoms with Crippen LogP contribution in [0.15, 0.2) is 0 Å². The van der Waals surface area contributed by atoms with Gasteiger partial charge in [-0.1, -0.05) is 27.2 Å². The Labute approximate surface area is 95.4 Å². The summed E-state index contributed by atoms with van der Waals surface area (Å²) in [6.07, 6.45) is 3.99. The summed E-state index contributed by atoms with van der Waals surface area (Å²) in [7, 11) is 0. The highest BCUT2D eigenvalue weighted by atomic mass is 15.1. The van der Waals surface area contributed by atoms with Crippen molar-refractivity contribution in [3.63, 3.8) is 0 Å². The van der Waals surface area contributed by atoms with E-state index in [-0.39, 0.29) is 0 Å².